The summed E-state index contributed by atoms with van der Waals surface area (Å²) in [4.78, 5) is 20.0. The van der Waals surface area contributed by atoms with E-state index >= 15 is 0 Å². The molecular formula is C21H15BN4O4S. The van der Waals surface area contributed by atoms with Crippen molar-refractivity contribution in [1.82, 2.24) is 9.97 Å². The van der Waals surface area contributed by atoms with Crippen LogP contribution in [0.15, 0.2) is 77.7 Å². The summed E-state index contributed by atoms with van der Waals surface area (Å²) in [6, 6.07) is 18.8. The highest BCUT2D eigenvalue weighted by Crippen LogP contribution is 2.27. The fourth-order valence-electron chi connectivity index (χ4n) is 2.82. The summed E-state index contributed by atoms with van der Waals surface area (Å²) in [7, 11) is 1.68. The molecule has 0 amide bonds. The topological polar surface area (TPSA) is 121 Å². The number of hydrogen-bond acceptors (Lipinski definition) is 6. The molecule has 0 spiro atoms. The van der Waals surface area contributed by atoms with Crippen molar-refractivity contribution in [2.45, 2.75) is 4.90 Å². The number of rotatable bonds is 6. The van der Waals surface area contributed by atoms with E-state index in [4.69, 9.17) is 13.0 Å². The Hall–Kier alpha value is -3.92. The van der Waals surface area contributed by atoms with Gasteiger partial charge in [0.05, 0.1) is 21.5 Å². The first-order chi connectivity index (χ1) is 14.8. The SMILES string of the molecule is [B]c1ccc(S(=O)(=O)Nc2nc3ccccc3nc2Nc2ccc(C(=O)O)cc2)cc1. The average Bonchev–Trinajstić information content (AvgIpc) is 2.74. The molecule has 31 heavy (non-hydrogen) atoms. The van der Waals surface area contributed by atoms with Gasteiger partial charge in [-0.1, -0.05) is 29.7 Å². The van der Waals surface area contributed by atoms with Crippen LogP contribution in [-0.2, 0) is 10.0 Å². The zero-order chi connectivity index (χ0) is 22.0. The highest BCUT2D eigenvalue weighted by molar-refractivity contribution is 7.92. The number of carboxylic acid groups (broad SMARTS) is 1. The number of hydrogen-bond donors (Lipinski definition) is 3. The number of sulfonamides is 1. The first-order valence-electron chi connectivity index (χ1n) is 9.07. The van der Waals surface area contributed by atoms with Crippen molar-refractivity contribution < 1.29 is 18.3 Å². The lowest BCUT2D eigenvalue weighted by atomic mass is 9.97. The molecule has 0 atom stereocenters. The summed E-state index contributed by atoms with van der Waals surface area (Å²) in [5.41, 5.74) is 2.14. The Balaban J connectivity index is 1.74. The van der Waals surface area contributed by atoms with E-state index < -0.39 is 16.0 Å². The van der Waals surface area contributed by atoms with Gasteiger partial charge < -0.3 is 10.4 Å². The fraction of sp³-hybridized carbons (Fsp3) is 0. The lowest BCUT2D eigenvalue weighted by molar-refractivity contribution is 0.0697. The monoisotopic (exact) mass is 430 g/mol. The van der Waals surface area contributed by atoms with E-state index in [1.54, 1.807) is 36.4 Å². The predicted octanol–water partition coefficient (Wildman–Crippen LogP) is 2.67. The third-order valence-electron chi connectivity index (χ3n) is 4.39. The van der Waals surface area contributed by atoms with E-state index in [0.717, 1.165) is 0 Å². The lowest BCUT2D eigenvalue weighted by Gasteiger charge is -2.14. The van der Waals surface area contributed by atoms with Gasteiger partial charge in [0.1, 0.15) is 7.85 Å². The summed E-state index contributed by atoms with van der Waals surface area (Å²) in [5, 5.41) is 12.1. The minimum atomic E-state index is -3.96. The quantitative estimate of drug-likeness (QED) is 0.402. The Morgan fingerprint density at radius 1 is 0.839 bits per heavy atom. The van der Waals surface area contributed by atoms with Crippen molar-refractivity contribution in [3.8, 4) is 0 Å². The van der Waals surface area contributed by atoms with E-state index in [9.17, 15) is 13.2 Å². The van der Waals surface area contributed by atoms with Gasteiger partial charge in [0.25, 0.3) is 10.0 Å². The van der Waals surface area contributed by atoms with Crippen molar-refractivity contribution in [1.29, 1.82) is 0 Å². The maximum absolute atomic E-state index is 12.9. The lowest BCUT2D eigenvalue weighted by Crippen LogP contribution is -2.16. The third kappa shape index (κ3) is 4.48. The van der Waals surface area contributed by atoms with Gasteiger partial charge in [0.2, 0.25) is 0 Å². The number of para-hydroxylation sites is 2. The number of carbonyl (C=O) groups is 1. The Morgan fingerprint density at radius 3 is 2.00 bits per heavy atom. The minimum absolute atomic E-state index is 0.00200. The second-order valence-corrected chi connectivity index (χ2v) is 8.27. The molecule has 0 saturated carbocycles. The highest BCUT2D eigenvalue weighted by atomic mass is 32.2. The number of aromatic carboxylic acids is 1. The van der Waals surface area contributed by atoms with Gasteiger partial charge in [-0.25, -0.2) is 23.2 Å². The molecule has 0 aliphatic carbocycles. The van der Waals surface area contributed by atoms with Crippen LogP contribution >= 0.6 is 0 Å². The Labute approximate surface area is 179 Å². The average molecular weight is 430 g/mol. The molecule has 152 valence electrons. The highest BCUT2D eigenvalue weighted by Gasteiger charge is 2.19. The van der Waals surface area contributed by atoms with E-state index in [0.29, 0.717) is 22.2 Å². The van der Waals surface area contributed by atoms with Crippen LogP contribution in [0.4, 0.5) is 17.3 Å². The van der Waals surface area contributed by atoms with Crippen molar-refractivity contribution >= 4 is 57.7 Å². The second-order valence-electron chi connectivity index (χ2n) is 6.59. The van der Waals surface area contributed by atoms with E-state index in [1.807, 2.05) is 0 Å². The largest absolute Gasteiger partial charge is 0.478 e. The smallest absolute Gasteiger partial charge is 0.335 e. The summed E-state index contributed by atoms with van der Waals surface area (Å²) in [5.74, 6) is -0.882. The molecule has 2 radical (unpaired) electrons. The van der Waals surface area contributed by atoms with Crippen molar-refractivity contribution in [2.75, 3.05) is 10.0 Å². The molecule has 0 fully saturated rings. The van der Waals surface area contributed by atoms with Crippen LogP contribution < -0.4 is 15.5 Å². The van der Waals surface area contributed by atoms with Crippen LogP contribution in [0.5, 0.6) is 0 Å². The van der Waals surface area contributed by atoms with Gasteiger partial charge in [0, 0.05) is 5.69 Å². The van der Waals surface area contributed by atoms with Crippen molar-refractivity contribution in [3.05, 3.63) is 78.4 Å². The first-order valence-corrected chi connectivity index (χ1v) is 10.6. The van der Waals surface area contributed by atoms with Gasteiger partial charge >= 0.3 is 5.97 Å². The number of benzene rings is 3. The molecule has 1 aromatic heterocycles. The zero-order valence-corrected chi connectivity index (χ0v) is 16.8. The molecule has 0 saturated heterocycles. The van der Waals surface area contributed by atoms with Gasteiger partial charge in [-0.2, -0.15) is 0 Å². The second kappa shape index (κ2) is 8.08. The van der Waals surface area contributed by atoms with E-state index in [-0.39, 0.29) is 22.1 Å². The van der Waals surface area contributed by atoms with Crippen molar-refractivity contribution in [2.24, 2.45) is 0 Å². The third-order valence-corrected chi connectivity index (χ3v) is 5.74. The normalized spacial score (nSPS) is 11.2. The van der Waals surface area contributed by atoms with E-state index in [2.05, 4.69) is 20.0 Å². The molecule has 0 unspecified atom stereocenters. The summed E-state index contributed by atoms with van der Waals surface area (Å²) >= 11 is 0. The number of nitrogens with zero attached hydrogens (tertiary/aromatic N) is 2. The van der Waals surface area contributed by atoms with Gasteiger partial charge in [0.15, 0.2) is 11.6 Å². The zero-order valence-electron chi connectivity index (χ0n) is 16.0. The number of aromatic nitrogens is 2. The van der Waals surface area contributed by atoms with Crippen LogP contribution in [0.2, 0.25) is 0 Å². The summed E-state index contributed by atoms with van der Waals surface area (Å²) in [6.45, 7) is 0. The van der Waals surface area contributed by atoms with Crippen LogP contribution in [-0.4, -0.2) is 37.3 Å². The van der Waals surface area contributed by atoms with Gasteiger partial charge in [-0.15, -0.1) is 0 Å². The Bertz CT molecular complexity index is 1380. The molecule has 3 aromatic carbocycles. The number of anilines is 3. The first kappa shape index (κ1) is 20.4. The minimum Gasteiger partial charge on any atom is -0.478 e. The molecule has 3 N–H and O–H groups in total. The van der Waals surface area contributed by atoms with Crippen LogP contribution in [0.1, 0.15) is 10.4 Å². The maximum Gasteiger partial charge on any atom is 0.335 e. The Morgan fingerprint density at radius 2 is 1.42 bits per heavy atom. The molecule has 1 heterocycles. The van der Waals surface area contributed by atoms with Crippen LogP contribution in [0.25, 0.3) is 11.0 Å². The molecule has 0 aliphatic heterocycles. The standard InChI is InChI=1S/C21H15BN4O4S/c22-14-7-11-16(12-8-14)31(29,30)26-20-19(24-17-3-1-2-4-18(17)25-20)23-15-9-5-13(6-10-15)21(27)28/h1-12H,(H,23,24)(H,25,26)(H,27,28). The molecular weight excluding hydrogens is 415 g/mol. The summed E-state index contributed by atoms with van der Waals surface area (Å²) in [6.07, 6.45) is 0. The summed E-state index contributed by atoms with van der Waals surface area (Å²) < 4.78 is 28.2. The van der Waals surface area contributed by atoms with Gasteiger partial charge in [-0.3, -0.25) is 4.72 Å². The predicted molar refractivity (Wildman–Crippen MR) is 119 cm³/mol. The molecule has 10 heteroatoms. The molecule has 8 nitrogen and oxygen atoms in total. The number of nitrogens with one attached hydrogen (secondary N) is 2. The molecule has 4 rings (SSSR count). The Kier molecular flexibility index (Phi) is 5.30. The number of fused-ring (bicyclic) bond motifs is 1. The molecule has 0 aliphatic rings. The van der Waals surface area contributed by atoms with Gasteiger partial charge in [-0.05, 0) is 48.5 Å². The van der Waals surface area contributed by atoms with Crippen LogP contribution in [0, 0.1) is 0 Å². The van der Waals surface area contributed by atoms with Crippen molar-refractivity contribution in [3.63, 3.8) is 0 Å². The molecule has 0 bridgehead atoms. The van der Waals surface area contributed by atoms with E-state index in [1.165, 1.54) is 36.4 Å². The fourth-order valence-corrected chi connectivity index (χ4v) is 3.83. The van der Waals surface area contributed by atoms with Crippen LogP contribution in [0.3, 0.4) is 0 Å². The maximum atomic E-state index is 12.9. The molecule has 4 aromatic rings. The number of carboxylic acids is 1.